The molecule has 1 aliphatic carbocycles. The van der Waals surface area contributed by atoms with Gasteiger partial charge in [0, 0.05) is 35.4 Å². The Morgan fingerprint density at radius 2 is 1.97 bits per heavy atom. The van der Waals surface area contributed by atoms with Gasteiger partial charge < -0.3 is 5.32 Å². The molecule has 1 amide bonds. The van der Waals surface area contributed by atoms with Gasteiger partial charge in [0.15, 0.2) is 11.6 Å². The van der Waals surface area contributed by atoms with E-state index in [-0.39, 0.29) is 41.0 Å². The zero-order valence-corrected chi connectivity index (χ0v) is 19.7. The molecule has 3 aromatic rings. The van der Waals surface area contributed by atoms with Gasteiger partial charge in [-0.1, -0.05) is 17.7 Å². The number of Topliss-reactive ketones (excluding diaryl/α,β-unsaturated/α-hetero) is 2. The number of ketones is 2. The largest absolute Gasteiger partial charge is 0.351 e. The molecule has 0 radical (unpaired) electrons. The first-order valence-electron chi connectivity index (χ1n) is 10.5. The Kier molecular flexibility index (Phi) is 6.72. The quantitative estimate of drug-likeness (QED) is 0.490. The molecule has 0 spiro atoms. The molecule has 8 heteroatoms. The van der Waals surface area contributed by atoms with Crippen LogP contribution in [-0.2, 0) is 20.9 Å². The second kappa shape index (κ2) is 9.53. The molecule has 2 aromatic heterocycles. The third-order valence-electron chi connectivity index (χ3n) is 5.89. The van der Waals surface area contributed by atoms with Gasteiger partial charge in [0.25, 0.3) is 0 Å². The van der Waals surface area contributed by atoms with Crippen LogP contribution in [0.5, 0.6) is 0 Å². The van der Waals surface area contributed by atoms with E-state index in [1.165, 1.54) is 12.3 Å². The van der Waals surface area contributed by atoms with Gasteiger partial charge in [-0.25, -0.2) is 4.39 Å². The summed E-state index contributed by atoms with van der Waals surface area (Å²) in [6, 6.07) is 8.47. The van der Waals surface area contributed by atoms with Crippen LogP contribution in [0.4, 0.5) is 4.39 Å². The first kappa shape index (κ1) is 23.3. The molecule has 4 rings (SSSR count). The summed E-state index contributed by atoms with van der Waals surface area (Å²) in [4.78, 5) is 43.4. The van der Waals surface area contributed by atoms with Crippen LogP contribution >= 0.6 is 22.9 Å². The minimum atomic E-state index is -0.905. The number of benzene rings is 1. The number of thiophene rings is 1. The normalized spacial score (nSPS) is 18.1. The van der Waals surface area contributed by atoms with Crippen LogP contribution in [0.1, 0.15) is 40.3 Å². The van der Waals surface area contributed by atoms with Crippen LogP contribution in [0.2, 0.25) is 5.02 Å². The number of carbonyl (C=O) groups excluding carboxylic acids is 3. The molecule has 1 N–H and O–H groups in total. The summed E-state index contributed by atoms with van der Waals surface area (Å²) in [5.74, 6) is -2.76. The van der Waals surface area contributed by atoms with Crippen molar-refractivity contribution in [2.24, 2.45) is 5.92 Å². The number of hydrogen-bond donors (Lipinski definition) is 1. The van der Waals surface area contributed by atoms with Crippen molar-refractivity contribution < 1.29 is 18.8 Å². The number of hydrogen-bond acceptors (Lipinski definition) is 5. The number of rotatable bonds is 6. The third kappa shape index (κ3) is 4.89. The first-order chi connectivity index (χ1) is 15.7. The van der Waals surface area contributed by atoms with E-state index in [9.17, 15) is 18.8 Å². The summed E-state index contributed by atoms with van der Waals surface area (Å²) in [5, 5.41) is 4.95. The summed E-state index contributed by atoms with van der Waals surface area (Å²) in [5.41, 5.74) is 2.74. The monoisotopic (exact) mass is 484 g/mol. The molecule has 2 atom stereocenters. The van der Waals surface area contributed by atoms with Gasteiger partial charge in [-0.3, -0.25) is 19.4 Å². The molecule has 0 bridgehead atoms. The summed E-state index contributed by atoms with van der Waals surface area (Å²) in [6.45, 7) is 3.99. The lowest BCUT2D eigenvalue weighted by atomic mass is 9.85. The summed E-state index contributed by atoms with van der Waals surface area (Å²) in [7, 11) is 0. The highest BCUT2D eigenvalue weighted by atomic mass is 35.5. The van der Waals surface area contributed by atoms with Crippen LogP contribution < -0.4 is 5.32 Å². The van der Waals surface area contributed by atoms with E-state index in [4.69, 9.17) is 11.6 Å². The van der Waals surface area contributed by atoms with Crippen molar-refractivity contribution >= 4 is 40.4 Å². The van der Waals surface area contributed by atoms with Crippen LogP contribution in [0.25, 0.3) is 11.3 Å². The zero-order chi connectivity index (χ0) is 23.7. The van der Waals surface area contributed by atoms with Crippen molar-refractivity contribution in [2.75, 3.05) is 0 Å². The maximum Gasteiger partial charge on any atom is 0.221 e. The molecule has 5 nitrogen and oxygen atoms in total. The number of halogens is 2. The molecule has 170 valence electrons. The van der Waals surface area contributed by atoms with E-state index in [1.54, 1.807) is 37.3 Å². The highest BCUT2D eigenvalue weighted by Gasteiger charge is 2.43. The lowest BCUT2D eigenvalue weighted by Gasteiger charge is -2.17. The molecule has 1 fully saturated rings. The zero-order valence-electron chi connectivity index (χ0n) is 18.2. The Labute approximate surface area is 200 Å². The maximum absolute atomic E-state index is 14.4. The smallest absolute Gasteiger partial charge is 0.221 e. The van der Waals surface area contributed by atoms with Gasteiger partial charge in [0.2, 0.25) is 5.91 Å². The van der Waals surface area contributed by atoms with Crippen molar-refractivity contribution in [3.05, 3.63) is 74.3 Å². The van der Waals surface area contributed by atoms with E-state index in [0.29, 0.717) is 28.8 Å². The van der Waals surface area contributed by atoms with Gasteiger partial charge in [-0.05, 0) is 60.2 Å². The molecule has 2 heterocycles. The van der Waals surface area contributed by atoms with Crippen molar-refractivity contribution in [3.8, 4) is 11.3 Å². The third-order valence-corrected chi connectivity index (χ3v) is 6.97. The highest BCUT2D eigenvalue weighted by molar-refractivity contribution is 7.09. The molecule has 33 heavy (non-hydrogen) atoms. The Morgan fingerprint density at radius 1 is 1.24 bits per heavy atom. The maximum atomic E-state index is 14.4. The average molecular weight is 485 g/mol. The molecule has 0 aliphatic heterocycles. The Morgan fingerprint density at radius 3 is 2.61 bits per heavy atom. The highest BCUT2D eigenvalue weighted by Crippen LogP contribution is 2.38. The van der Waals surface area contributed by atoms with E-state index in [2.05, 4.69) is 10.3 Å². The fourth-order valence-corrected chi connectivity index (χ4v) is 5.21. The number of aryl methyl sites for hydroxylation is 2. The standard InChI is InChI=1S/C25H22ClFN2O3S/c1-13-6-15(24-19(27)10-17(26)11-29-24)7-14(2)22(13)23-20(30)8-16(25(23)32)9-21(31)28-12-18-4-3-5-33-18/h3-7,10-11,16,23H,8-9,12H2,1-2H3,(H,28,31). The minimum Gasteiger partial charge on any atom is -0.351 e. The van der Waals surface area contributed by atoms with Crippen molar-refractivity contribution in [3.63, 3.8) is 0 Å². The lowest BCUT2D eigenvalue weighted by Crippen LogP contribution is -2.27. The van der Waals surface area contributed by atoms with Gasteiger partial charge >= 0.3 is 0 Å². The summed E-state index contributed by atoms with van der Waals surface area (Å²) in [6.07, 6.45) is 1.41. The predicted octanol–water partition coefficient (Wildman–Crippen LogP) is 5.17. The van der Waals surface area contributed by atoms with Crippen molar-refractivity contribution in [1.82, 2.24) is 10.3 Å². The lowest BCUT2D eigenvalue weighted by molar-refractivity contribution is -0.128. The molecule has 1 aromatic carbocycles. The number of nitrogens with one attached hydrogen (secondary N) is 1. The van der Waals surface area contributed by atoms with Gasteiger partial charge in [0.1, 0.15) is 17.4 Å². The molecule has 2 unspecified atom stereocenters. The van der Waals surface area contributed by atoms with Crippen molar-refractivity contribution in [1.29, 1.82) is 0 Å². The molecular formula is C25H22ClFN2O3S. The van der Waals surface area contributed by atoms with E-state index >= 15 is 0 Å². The van der Waals surface area contributed by atoms with Gasteiger partial charge in [-0.15, -0.1) is 11.3 Å². The van der Waals surface area contributed by atoms with E-state index in [1.807, 2.05) is 17.5 Å². The number of carbonyl (C=O) groups is 3. The van der Waals surface area contributed by atoms with E-state index in [0.717, 1.165) is 4.88 Å². The molecule has 1 aliphatic rings. The second-order valence-corrected chi connectivity index (χ2v) is 9.74. The minimum absolute atomic E-state index is 0.0114. The predicted molar refractivity (Wildman–Crippen MR) is 126 cm³/mol. The number of nitrogens with zero attached hydrogens (tertiary/aromatic N) is 1. The van der Waals surface area contributed by atoms with Gasteiger partial charge in [0.05, 0.1) is 11.6 Å². The Balaban J connectivity index is 1.53. The fourth-order valence-electron chi connectivity index (χ4n) is 4.42. The van der Waals surface area contributed by atoms with Crippen LogP contribution in [-0.4, -0.2) is 22.5 Å². The first-order valence-corrected chi connectivity index (χ1v) is 11.8. The fraction of sp³-hybridized carbons (Fsp3) is 0.280. The van der Waals surface area contributed by atoms with Crippen molar-refractivity contribution in [2.45, 2.75) is 39.2 Å². The Bertz CT molecular complexity index is 1220. The number of pyridine rings is 1. The van der Waals surface area contributed by atoms with Crippen LogP contribution in [0.15, 0.2) is 41.9 Å². The molecular weight excluding hydrogens is 463 g/mol. The topological polar surface area (TPSA) is 76.1 Å². The van der Waals surface area contributed by atoms with Crippen LogP contribution in [0, 0.1) is 25.6 Å². The molecule has 0 saturated heterocycles. The summed E-state index contributed by atoms with van der Waals surface area (Å²) < 4.78 is 14.4. The van der Waals surface area contributed by atoms with Gasteiger partial charge in [-0.2, -0.15) is 0 Å². The summed E-state index contributed by atoms with van der Waals surface area (Å²) >= 11 is 7.34. The Hall–Kier alpha value is -2.90. The number of amides is 1. The SMILES string of the molecule is Cc1cc(-c2ncc(Cl)cc2F)cc(C)c1C1C(=O)CC(CC(=O)NCc2cccs2)C1=O. The number of aromatic nitrogens is 1. The molecule has 1 saturated carbocycles. The van der Waals surface area contributed by atoms with Crippen LogP contribution in [0.3, 0.4) is 0 Å². The van der Waals surface area contributed by atoms with E-state index < -0.39 is 17.7 Å². The second-order valence-electron chi connectivity index (χ2n) is 8.27. The average Bonchev–Trinajstić information content (AvgIpc) is 3.35.